The van der Waals surface area contributed by atoms with Crippen LogP contribution in [0.15, 0.2) is 158 Å². The van der Waals surface area contributed by atoms with Crippen molar-refractivity contribution in [3.63, 3.8) is 0 Å². The van der Waals surface area contributed by atoms with Crippen LogP contribution < -0.4 is 0 Å². The molecule has 0 heteroatoms. The average Bonchev–Trinajstić information content (AvgIpc) is 3.14. The molecule has 0 aliphatic rings. The molecule has 0 atom stereocenters. The summed E-state index contributed by atoms with van der Waals surface area (Å²) in [4.78, 5) is 0. The highest BCUT2D eigenvalue weighted by atomic mass is 14.2. The zero-order valence-corrected chi connectivity index (χ0v) is 27.0. The molecule has 0 radical (unpaired) electrons. The first-order valence-electron chi connectivity index (χ1n) is 17.3. The van der Waals surface area contributed by atoms with Gasteiger partial charge in [0.25, 0.3) is 0 Å². The second kappa shape index (κ2) is 13.3. The first-order chi connectivity index (χ1) is 23.3. The van der Waals surface area contributed by atoms with Crippen LogP contribution in [0.3, 0.4) is 0 Å². The molecule has 8 rings (SSSR count). The minimum Gasteiger partial charge on any atom is -0.0616 e. The highest BCUT2D eigenvalue weighted by Crippen LogP contribution is 2.37. The van der Waals surface area contributed by atoms with E-state index in [-0.39, 0.29) is 0 Å². The number of benzene rings is 8. The predicted molar refractivity (Wildman–Crippen MR) is 204 cm³/mol. The Morgan fingerprint density at radius 3 is 1.04 bits per heavy atom. The molecule has 0 fully saturated rings. The van der Waals surface area contributed by atoms with Crippen LogP contribution >= 0.6 is 0 Å². The van der Waals surface area contributed by atoms with Crippen molar-refractivity contribution in [3.8, 4) is 22.3 Å². The minimum atomic E-state index is 1.14. The second-order valence-corrected chi connectivity index (χ2v) is 13.0. The van der Waals surface area contributed by atoms with Gasteiger partial charge in [-0.05, 0) is 102 Å². The summed E-state index contributed by atoms with van der Waals surface area (Å²) < 4.78 is 0. The Morgan fingerprint density at radius 2 is 0.574 bits per heavy atom. The molecule has 0 spiro atoms. The topological polar surface area (TPSA) is 0 Å². The standard InChI is InChI=1S/C47H40/c1(2-4-16-36-30-32-46(42-26-12-10-24-40(36)42)44-28-14-20-34-18-6-8-22-38(34)44)3-5-17-37-31-33-47(43-27-13-11-25-41(37)43)45-29-15-21-35-19-7-9-23-39(35)45/h6-15,18-33H,1-5,16-17H2. The Balaban J connectivity index is 0.913. The summed E-state index contributed by atoms with van der Waals surface area (Å²) in [6, 6.07) is 58.2. The fraction of sp³-hybridized carbons (Fsp3) is 0.149. The fourth-order valence-electron chi connectivity index (χ4n) is 7.71. The van der Waals surface area contributed by atoms with Crippen molar-refractivity contribution in [3.05, 3.63) is 169 Å². The smallest absolute Gasteiger partial charge is 0.00990 e. The maximum absolute atomic E-state index is 2.38. The van der Waals surface area contributed by atoms with E-state index < -0.39 is 0 Å². The van der Waals surface area contributed by atoms with E-state index in [1.807, 2.05) is 0 Å². The fourth-order valence-corrected chi connectivity index (χ4v) is 7.71. The van der Waals surface area contributed by atoms with Crippen LogP contribution in [0.5, 0.6) is 0 Å². The summed E-state index contributed by atoms with van der Waals surface area (Å²) in [6.45, 7) is 0. The van der Waals surface area contributed by atoms with Crippen molar-refractivity contribution < 1.29 is 0 Å². The van der Waals surface area contributed by atoms with Crippen molar-refractivity contribution >= 4 is 43.1 Å². The highest BCUT2D eigenvalue weighted by molar-refractivity contribution is 6.07. The van der Waals surface area contributed by atoms with E-state index in [0.717, 1.165) is 12.8 Å². The molecular formula is C47H40. The van der Waals surface area contributed by atoms with Gasteiger partial charge in [-0.2, -0.15) is 0 Å². The molecular weight excluding hydrogens is 565 g/mol. The van der Waals surface area contributed by atoms with Gasteiger partial charge in [0.05, 0.1) is 0 Å². The normalized spacial score (nSPS) is 11.6. The Hall–Kier alpha value is -5.20. The van der Waals surface area contributed by atoms with Gasteiger partial charge in [-0.1, -0.05) is 177 Å². The van der Waals surface area contributed by atoms with Crippen molar-refractivity contribution in [1.29, 1.82) is 0 Å². The van der Waals surface area contributed by atoms with Crippen LogP contribution in [-0.4, -0.2) is 0 Å². The molecule has 228 valence electrons. The molecule has 8 aromatic rings. The third kappa shape index (κ3) is 5.81. The Kier molecular flexibility index (Phi) is 8.25. The summed E-state index contributed by atoms with van der Waals surface area (Å²) in [5, 5.41) is 10.8. The lowest BCUT2D eigenvalue weighted by molar-refractivity contribution is 0.615. The third-order valence-electron chi connectivity index (χ3n) is 10.1. The van der Waals surface area contributed by atoms with Crippen LogP contribution in [0.25, 0.3) is 65.3 Å². The largest absolute Gasteiger partial charge is 0.0616 e. The van der Waals surface area contributed by atoms with Gasteiger partial charge >= 0.3 is 0 Å². The van der Waals surface area contributed by atoms with Crippen LogP contribution in [0.2, 0.25) is 0 Å². The van der Waals surface area contributed by atoms with E-state index in [9.17, 15) is 0 Å². The van der Waals surface area contributed by atoms with Crippen molar-refractivity contribution in [1.82, 2.24) is 0 Å². The highest BCUT2D eigenvalue weighted by Gasteiger charge is 2.12. The summed E-state index contributed by atoms with van der Waals surface area (Å²) >= 11 is 0. The van der Waals surface area contributed by atoms with Crippen LogP contribution in [0.1, 0.15) is 43.2 Å². The molecule has 0 aliphatic carbocycles. The van der Waals surface area contributed by atoms with Gasteiger partial charge in [0.2, 0.25) is 0 Å². The van der Waals surface area contributed by atoms with Crippen LogP contribution in [0.4, 0.5) is 0 Å². The van der Waals surface area contributed by atoms with Crippen LogP contribution in [0, 0.1) is 0 Å². The van der Waals surface area contributed by atoms with Gasteiger partial charge in [0.1, 0.15) is 0 Å². The van der Waals surface area contributed by atoms with Crippen molar-refractivity contribution in [2.24, 2.45) is 0 Å². The average molecular weight is 605 g/mol. The zero-order valence-electron chi connectivity index (χ0n) is 27.0. The lowest BCUT2D eigenvalue weighted by Crippen LogP contribution is -1.93. The third-order valence-corrected chi connectivity index (χ3v) is 10.1. The molecule has 0 nitrogen and oxygen atoms in total. The quantitative estimate of drug-likeness (QED) is 0.136. The molecule has 0 heterocycles. The minimum absolute atomic E-state index is 1.14. The molecule has 0 saturated heterocycles. The monoisotopic (exact) mass is 604 g/mol. The molecule has 0 aliphatic heterocycles. The number of hydrogen-bond acceptors (Lipinski definition) is 0. The Bertz CT molecular complexity index is 2160. The Morgan fingerprint density at radius 1 is 0.234 bits per heavy atom. The lowest BCUT2D eigenvalue weighted by Gasteiger charge is -2.14. The van der Waals surface area contributed by atoms with Gasteiger partial charge in [0, 0.05) is 0 Å². The molecule has 0 unspecified atom stereocenters. The first-order valence-corrected chi connectivity index (χ1v) is 17.3. The lowest BCUT2D eigenvalue weighted by atomic mass is 9.90. The van der Waals surface area contributed by atoms with Gasteiger partial charge in [-0.25, -0.2) is 0 Å². The maximum atomic E-state index is 2.38. The molecule has 47 heavy (non-hydrogen) atoms. The zero-order chi connectivity index (χ0) is 31.4. The molecule has 0 saturated carbocycles. The summed E-state index contributed by atoms with van der Waals surface area (Å²) in [5.41, 5.74) is 8.26. The summed E-state index contributed by atoms with van der Waals surface area (Å²) in [6.07, 6.45) is 8.59. The Labute approximate surface area is 278 Å². The second-order valence-electron chi connectivity index (χ2n) is 13.0. The molecule has 0 aromatic heterocycles. The van der Waals surface area contributed by atoms with Gasteiger partial charge in [-0.3, -0.25) is 0 Å². The SMILES string of the molecule is c1ccc2c(-c3ccc(CCCCCCCc4ccc(-c5cccc6ccccc56)c5ccccc45)c4ccccc34)cccc2c1. The van der Waals surface area contributed by atoms with Gasteiger partial charge in [0.15, 0.2) is 0 Å². The van der Waals surface area contributed by atoms with Crippen LogP contribution in [-0.2, 0) is 12.8 Å². The van der Waals surface area contributed by atoms with Crippen molar-refractivity contribution in [2.75, 3.05) is 0 Å². The van der Waals surface area contributed by atoms with E-state index in [2.05, 4.69) is 158 Å². The number of fused-ring (bicyclic) bond motifs is 4. The number of unbranched alkanes of at least 4 members (excludes halogenated alkanes) is 4. The maximum Gasteiger partial charge on any atom is -0.00990 e. The number of rotatable bonds is 10. The van der Waals surface area contributed by atoms with E-state index >= 15 is 0 Å². The summed E-state index contributed by atoms with van der Waals surface area (Å²) in [5.74, 6) is 0. The molecule has 8 aromatic carbocycles. The predicted octanol–water partition coefficient (Wildman–Crippen LogP) is 13.4. The van der Waals surface area contributed by atoms with Gasteiger partial charge in [-0.15, -0.1) is 0 Å². The van der Waals surface area contributed by atoms with E-state index in [1.165, 1.54) is 109 Å². The summed E-state index contributed by atoms with van der Waals surface area (Å²) in [7, 11) is 0. The van der Waals surface area contributed by atoms with Gasteiger partial charge < -0.3 is 0 Å². The number of hydrogen-bond donors (Lipinski definition) is 0. The van der Waals surface area contributed by atoms with E-state index in [0.29, 0.717) is 0 Å². The molecule has 0 N–H and O–H groups in total. The number of aryl methyl sites for hydroxylation is 2. The van der Waals surface area contributed by atoms with E-state index in [4.69, 9.17) is 0 Å². The molecule has 0 bridgehead atoms. The first kappa shape index (κ1) is 29.2. The molecule has 0 amide bonds. The van der Waals surface area contributed by atoms with E-state index in [1.54, 1.807) is 0 Å². The van der Waals surface area contributed by atoms with Crippen molar-refractivity contribution in [2.45, 2.75) is 44.9 Å².